The van der Waals surface area contributed by atoms with Gasteiger partial charge in [-0.2, -0.15) is 0 Å². The molecule has 1 aliphatic heterocycles. The molecule has 1 saturated heterocycles. The van der Waals surface area contributed by atoms with Crippen LogP contribution in [-0.4, -0.2) is 47.4 Å². The van der Waals surface area contributed by atoms with E-state index in [4.69, 9.17) is 5.73 Å². The fourth-order valence-corrected chi connectivity index (χ4v) is 3.79. The summed E-state index contributed by atoms with van der Waals surface area (Å²) in [4.78, 5) is 31.3. The van der Waals surface area contributed by atoms with Gasteiger partial charge in [-0.1, -0.05) is 6.92 Å². The molecule has 1 aromatic heterocycles. The van der Waals surface area contributed by atoms with Crippen LogP contribution in [0.2, 0.25) is 0 Å². The summed E-state index contributed by atoms with van der Waals surface area (Å²) in [6, 6.07) is 0.0645. The number of carbonyl (C=O) groups is 2. The SMILES string of the molecule is CCCc1ncc(C(=O)N2CCCCC2CNC(=O)CCN)s1. The van der Waals surface area contributed by atoms with E-state index in [1.807, 2.05) is 4.90 Å². The summed E-state index contributed by atoms with van der Waals surface area (Å²) < 4.78 is 0. The summed E-state index contributed by atoms with van der Waals surface area (Å²) >= 11 is 1.49. The second kappa shape index (κ2) is 8.98. The smallest absolute Gasteiger partial charge is 0.265 e. The summed E-state index contributed by atoms with van der Waals surface area (Å²) in [5.74, 6) is -0.00359. The van der Waals surface area contributed by atoms with Crippen molar-refractivity contribution in [1.82, 2.24) is 15.2 Å². The van der Waals surface area contributed by atoms with E-state index in [2.05, 4.69) is 17.2 Å². The lowest BCUT2D eigenvalue weighted by Gasteiger charge is -2.35. The molecule has 1 aromatic rings. The Morgan fingerprint density at radius 2 is 2.30 bits per heavy atom. The fraction of sp³-hybridized carbons (Fsp3) is 0.688. The predicted octanol–water partition coefficient (Wildman–Crippen LogP) is 1.56. The van der Waals surface area contributed by atoms with Crippen molar-refractivity contribution in [2.24, 2.45) is 5.73 Å². The highest BCUT2D eigenvalue weighted by Crippen LogP contribution is 2.22. The van der Waals surface area contributed by atoms with Gasteiger partial charge in [-0.05, 0) is 32.1 Å². The number of nitrogens with two attached hydrogens (primary N) is 1. The fourth-order valence-electron chi connectivity index (χ4n) is 2.81. The van der Waals surface area contributed by atoms with Gasteiger partial charge in [0.2, 0.25) is 5.91 Å². The third kappa shape index (κ3) is 5.00. The zero-order valence-corrected chi connectivity index (χ0v) is 14.5. The molecule has 7 heteroatoms. The van der Waals surface area contributed by atoms with Crippen LogP contribution >= 0.6 is 11.3 Å². The molecule has 0 aromatic carbocycles. The zero-order chi connectivity index (χ0) is 16.7. The number of hydrogen-bond donors (Lipinski definition) is 2. The van der Waals surface area contributed by atoms with Crippen molar-refractivity contribution in [3.8, 4) is 0 Å². The average molecular weight is 338 g/mol. The number of amides is 2. The maximum Gasteiger partial charge on any atom is 0.265 e. The molecule has 0 bridgehead atoms. The van der Waals surface area contributed by atoms with Crippen LogP contribution in [0, 0.1) is 0 Å². The van der Waals surface area contributed by atoms with Crippen LogP contribution in [0.5, 0.6) is 0 Å². The first kappa shape index (κ1) is 17.9. The summed E-state index contributed by atoms with van der Waals surface area (Å²) in [5.41, 5.74) is 5.39. The number of thiazole rings is 1. The van der Waals surface area contributed by atoms with Gasteiger partial charge >= 0.3 is 0 Å². The van der Waals surface area contributed by atoms with Gasteiger partial charge in [-0.15, -0.1) is 11.3 Å². The lowest BCUT2D eigenvalue weighted by Crippen LogP contribution is -2.49. The highest BCUT2D eigenvalue weighted by molar-refractivity contribution is 7.13. The largest absolute Gasteiger partial charge is 0.354 e. The maximum atomic E-state index is 12.8. The van der Waals surface area contributed by atoms with Crippen LogP contribution in [0.15, 0.2) is 6.20 Å². The third-order valence-corrected chi connectivity index (χ3v) is 5.07. The first-order chi connectivity index (χ1) is 11.2. The molecule has 0 radical (unpaired) electrons. The van der Waals surface area contributed by atoms with Crippen LogP contribution < -0.4 is 11.1 Å². The Kier molecular flexibility index (Phi) is 6.98. The van der Waals surface area contributed by atoms with Crippen LogP contribution in [-0.2, 0) is 11.2 Å². The second-order valence-corrected chi connectivity index (χ2v) is 6.97. The molecule has 0 aliphatic carbocycles. The van der Waals surface area contributed by atoms with Crippen molar-refractivity contribution >= 4 is 23.2 Å². The Bertz CT molecular complexity index is 532. The van der Waals surface area contributed by atoms with Gasteiger partial charge in [0, 0.05) is 32.1 Å². The van der Waals surface area contributed by atoms with E-state index in [0.717, 1.165) is 43.7 Å². The number of piperidine rings is 1. The Hall–Kier alpha value is -1.47. The van der Waals surface area contributed by atoms with Crippen LogP contribution in [0.4, 0.5) is 0 Å². The second-order valence-electron chi connectivity index (χ2n) is 5.86. The summed E-state index contributed by atoms with van der Waals surface area (Å²) in [6.07, 6.45) is 6.99. The van der Waals surface area contributed by atoms with Gasteiger partial charge in [-0.3, -0.25) is 9.59 Å². The van der Waals surface area contributed by atoms with Crippen molar-refractivity contribution in [3.05, 3.63) is 16.1 Å². The molecule has 1 unspecified atom stereocenters. The Labute approximate surface area is 141 Å². The average Bonchev–Trinajstić information content (AvgIpc) is 3.02. The molecular weight excluding hydrogens is 312 g/mol. The van der Waals surface area contributed by atoms with E-state index in [1.165, 1.54) is 11.3 Å². The number of nitrogens with zero attached hydrogens (tertiary/aromatic N) is 2. The van der Waals surface area contributed by atoms with Gasteiger partial charge in [0.1, 0.15) is 4.88 Å². The molecule has 0 spiro atoms. The minimum absolute atomic E-state index is 0.0441. The minimum Gasteiger partial charge on any atom is -0.354 e. The molecule has 6 nitrogen and oxygen atoms in total. The van der Waals surface area contributed by atoms with Crippen LogP contribution in [0.25, 0.3) is 0 Å². The summed E-state index contributed by atoms with van der Waals surface area (Å²) in [6.45, 7) is 3.70. The van der Waals surface area contributed by atoms with E-state index in [-0.39, 0.29) is 17.9 Å². The van der Waals surface area contributed by atoms with Crippen molar-refractivity contribution in [2.75, 3.05) is 19.6 Å². The maximum absolute atomic E-state index is 12.8. The van der Waals surface area contributed by atoms with Gasteiger partial charge in [0.25, 0.3) is 5.91 Å². The molecule has 1 fully saturated rings. The standard InChI is InChI=1S/C16H26N4O2S/c1-2-5-15-19-11-13(23-15)16(22)20-9-4-3-6-12(20)10-18-14(21)7-8-17/h11-12H,2-10,17H2,1H3,(H,18,21). The van der Waals surface area contributed by atoms with E-state index in [1.54, 1.807) is 6.20 Å². The predicted molar refractivity (Wildman–Crippen MR) is 91.5 cm³/mol. The van der Waals surface area contributed by atoms with E-state index in [0.29, 0.717) is 24.4 Å². The Morgan fingerprint density at radius 1 is 1.48 bits per heavy atom. The van der Waals surface area contributed by atoms with Crippen LogP contribution in [0.3, 0.4) is 0 Å². The Balaban J connectivity index is 1.98. The highest BCUT2D eigenvalue weighted by atomic mass is 32.1. The normalized spacial score (nSPS) is 18.0. The minimum atomic E-state index is -0.0477. The lowest BCUT2D eigenvalue weighted by atomic mass is 10.0. The molecule has 2 rings (SSSR count). The molecule has 0 saturated carbocycles. The number of aromatic nitrogens is 1. The van der Waals surface area contributed by atoms with Crippen molar-refractivity contribution in [2.45, 2.75) is 51.5 Å². The zero-order valence-electron chi connectivity index (χ0n) is 13.7. The van der Waals surface area contributed by atoms with Gasteiger partial charge in [0.15, 0.2) is 0 Å². The van der Waals surface area contributed by atoms with E-state index >= 15 is 0 Å². The van der Waals surface area contributed by atoms with Crippen molar-refractivity contribution in [1.29, 1.82) is 0 Å². The molecule has 2 amide bonds. The first-order valence-corrected chi connectivity index (χ1v) is 9.19. The van der Waals surface area contributed by atoms with E-state index < -0.39 is 0 Å². The summed E-state index contributed by atoms with van der Waals surface area (Å²) in [7, 11) is 0. The Morgan fingerprint density at radius 3 is 3.04 bits per heavy atom. The topological polar surface area (TPSA) is 88.3 Å². The quantitative estimate of drug-likeness (QED) is 0.789. The highest BCUT2D eigenvalue weighted by Gasteiger charge is 2.28. The molecular formula is C16H26N4O2S. The molecule has 3 N–H and O–H groups in total. The van der Waals surface area contributed by atoms with E-state index in [9.17, 15) is 9.59 Å². The van der Waals surface area contributed by atoms with Crippen LogP contribution in [0.1, 0.15) is 53.7 Å². The number of hydrogen-bond acceptors (Lipinski definition) is 5. The number of likely N-dealkylation sites (tertiary alicyclic amines) is 1. The van der Waals surface area contributed by atoms with Gasteiger partial charge in [-0.25, -0.2) is 4.98 Å². The molecule has 128 valence electrons. The number of nitrogens with one attached hydrogen (secondary N) is 1. The number of aryl methyl sites for hydroxylation is 1. The molecule has 2 heterocycles. The number of rotatable bonds is 7. The third-order valence-electron chi connectivity index (χ3n) is 4.02. The molecule has 1 atom stereocenters. The summed E-state index contributed by atoms with van der Waals surface area (Å²) in [5, 5.41) is 3.90. The van der Waals surface area contributed by atoms with Crippen molar-refractivity contribution < 1.29 is 9.59 Å². The lowest BCUT2D eigenvalue weighted by molar-refractivity contribution is -0.121. The van der Waals surface area contributed by atoms with Gasteiger partial charge in [0.05, 0.1) is 11.2 Å². The van der Waals surface area contributed by atoms with Crippen molar-refractivity contribution in [3.63, 3.8) is 0 Å². The number of carbonyl (C=O) groups excluding carboxylic acids is 2. The molecule has 23 heavy (non-hydrogen) atoms. The monoisotopic (exact) mass is 338 g/mol. The molecule has 1 aliphatic rings. The van der Waals surface area contributed by atoms with Gasteiger partial charge < -0.3 is 16.0 Å². The first-order valence-electron chi connectivity index (χ1n) is 8.38.